The van der Waals surface area contributed by atoms with Crippen LogP contribution in [0.2, 0.25) is 0 Å². The van der Waals surface area contributed by atoms with Gasteiger partial charge in [-0.3, -0.25) is 10.1 Å². The number of rotatable bonds is 7. The van der Waals surface area contributed by atoms with Gasteiger partial charge >= 0.3 is 0 Å². The Kier molecular flexibility index (Phi) is 7.76. The molecule has 0 saturated heterocycles. The van der Waals surface area contributed by atoms with Crippen LogP contribution in [-0.2, 0) is 9.47 Å². The molecule has 0 fully saturated rings. The van der Waals surface area contributed by atoms with Crippen LogP contribution in [-0.4, -0.2) is 31.7 Å². The molecule has 6 heteroatoms. The molecule has 0 aromatic heterocycles. The van der Waals surface area contributed by atoms with Crippen LogP contribution < -0.4 is 5.32 Å². The van der Waals surface area contributed by atoms with Crippen LogP contribution in [0.25, 0.3) is 0 Å². The van der Waals surface area contributed by atoms with E-state index < -0.39 is 11.7 Å². The molecule has 0 unspecified atom stereocenters. The van der Waals surface area contributed by atoms with Crippen molar-refractivity contribution in [2.75, 3.05) is 19.8 Å². The molecule has 5 nitrogen and oxygen atoms in total. The third-order valence-electron chi connectivity index (χ3n) is 3.57. The number of nitrogens with zero attached hydrogens (tertiary/aromatic N) is 1. The van der Waals surface area contributed by atoms with Crippen LogP contribution in [0, 0.1) is 5.82 Å². The second kappa shape index (κ2) is 10.3. The summed E-state index contributed by atoms with van der Waals surface area (Å²) in [7, 11) is 0. The number of amides is 1. The van der Waals surface area contributed by atoms with E-state index in [1.165, 1.54) is 18.2 Å². The van der Waals surface area contributed by atoms with Crippen molar-refractivity contribution >= 4 is 11.9 Å². The molecule has 138 valence electrons. The highest BCUT2D eigenvalue weighted by Gasteiger charge is 2.13. The fourth-order valence-corrected chi connectivity index (χ4v) is 2.23. The lowest BCUT2D eigenvalue weighted by molar-refractivity contribution is 0.0921. The average molecular weight is 358 g/mol. The van der Waals surface area contributed by atoms with Crippen molar-refractivity contribution < 1.29 is 18.7 Å². The Morgan fingerprint density at radius 1 is 1.15 bits per heavy atom. The predicted octanol–water partition coefficient (Wildman–Crippen LogP) is 3.73. The molecule has 0 spiro atoms. The first-order chi connectivity index (χ1) is 12.6. The van der Waals surface area contributed by atoms with Gasteiger partial charge in [-0.05, 0) is 37.6 Å². The van der Waals surface area contributed by atoms with Gasteiger partial charge in [0.05, 0.1) is 12.6 Å². The Labute approximate surface area is 152 Å². The third kappa shape index (κ3) is 6.29. The first-order valence-electron chi connectivity index (χ1n) is 8.50. The van der Waals surface area contributed by atoms with Crippen LogP contribution >= 0.6 is 0 Å². The topological polar surface area (TPSA) is 59.9 Å². The minimum Gasteiger partial charge on any atom is -0.463 e. The summed E-state index contributed by atoms with van der Waals surface area (Å²) in [5.41, 5.74) is 1.18. The number of ether oxygens (including phenoxy) is 2. The summed E-state index contributed by atoms with van der Waals surface area (Å²) in [4.78, 5) is 16.8. The molecule has 2 aromatic rings. The fourth-order valence-electron chi connectivity index (χ4n) is 2.23. The van der Waals surface area contributed by atoms with E-state index in [-0.39, 0.29) is 24.2 Å². The van der Waals surface area contributed by atoms with Gasteiger partial charge in [0.2, 0.25) is 0 Å². The molecule has 2 aromatic carbocycles. The molecule has 0 aliphatic rings. The van der Waals surface area contributed by atoms with Crippen LogP contribution in [0.4, 0.5) is 4.39 Å². The predicted molar refractivity (Wildman–Crippen MR) is 98.6 cm³/mol. The Morgan fingerprint density at radius 2 is 1.92 bits per heavy atom. The Hall–Kier alpha value is -2.73. The molecule has 2 rings (SSSR count). The summed E-state index contributed by atoms with van der Waals surface area (Å²) >= 11 is 0. The second-order valence-electron chi connectivity index (χ2n) is 5.53. The maximum atomic E-state index is 13.3. The Balaban J connectivity index is 2.11. The summed E-state index contributed by atoms with van der Waals surface area (Å²) in [6.07, 6.45) is 0. The molecule has 0 radical (unpaired) electrons. The fraction of sp³-hybridized carbons (Fsp3) is 0.300. The SMILES string of the molecule is CCOCCOC(=N[C@@H](C)c1ccccc1)NC(=O)c1cccc(F)c1. The van der Waals surface area contributed by atoms with Gasteiger partial charge in [-0.1, -0.05) is 36.4 Å². The van der Waals surface area contributed by atoms with Crippen molar-refractivity contribution in [2.45, 2.75) is 19.9 Å². The number of aliphatic imine (C=N–C) groups is 1. The van der Waals surface area contributed by atoms with Gasteiger partial charge in [-0.2, -0.15) is 0 Å². The van der Waals surface area contributed by atoms with Crippen LogP contribution in [0.5, 0.6) is 0 Å². The number of halogens is 1. The quantitative estimate of drug-likeness (QED) is 0.466. The van der Waals surface area contributed by atoms with Crippen molar-refractivity contribution in [2.24, 2.45) is 4.99 Å². The van der Waals surface area contributed by atoms with Crippen molar-refractivity contribution in [3.8, 4) is 0 Å². The molecule has 0 aliphatic heterocycles. The van der Waals surface area contributed by atoms with E-state index >= 15 is 0 Å². The highest BCUT2D eigenvalue weighted by atomic mass is 19.1. The summed E-state index contributed by atoms with van der Waals surface area (Å²) < 4.78 is 24.1. The normalized spacial score (nSPS) is 12.5. The van der Waals surface area contributed by atoms with Crippen LogP contribution in [0.15, 0.2) is 59.6 Å². The lowest BCUT2D eigenvalue weighted by atomic mass is 10.1. The summed E-state index contributed by atoms with van der Waals surface area (Å²) in [6, 6.07) is 15.0. The zero-order valence-electron chi connectivity index (χ0n) is 14.9. The van der Waals surface area contributed by atoms with E-state index in [4.69, 9.17) is 9.47 Å². The van der Waals surface area contributed by atoms with Gasteiger partial charge in [0.1, 0.15) is 12.4 Å². The van der Waals surface area contributed by atoms with Gasteiger partial charge < -0.3 is 9.47 Å². The Bertz CT molecular complexity index is 735. The maximum absolute atomic E-state index is 13.3. The molecule has 0 saturated carbocycles. The first kappa shape index (κ1) is 19.6. The number of benzene rings is 2. The van der Waals surface area contributed by atoms with Crippen molar-refractivity contribution in [3.63, 3.8) is 0 Å². The molecule has 0 heterocycles. The van der Waals surface area contributed by atoms with Crippen LogP contribution in [0.1, 0.15) is 35.8 Å². The van der Waals surface area contributed by atoms with Gasteiger partial charge in [0.15, 0.2) is 0 Å². The lowest BCUT2D eigenvalue weighted by Crippen LogP contribution is -2.33. The number of hydrogen-bond donors (Lipinski definition) is 1. The van der Waals surface area contributed by atoms with Gasteiger partial charge in [0.25, 0.3) is 11.9 Å². The molecule has 0 bridgehead atoms. The van der Waals surface area contributed by atoms with E-state index in [2.05, 4.69) is 10.3 Å². The molecule has 1 N–H and O–H groups in total. The van der Waals surface area contributed by atoms with E-state index in [0.29, 0.717) is 13.2 Å². The average Bonchev–Trinajstić information content (AvgIpc) is 2.65. The van der Waals surface area contributed by atoms with Crippen molar-refractivity contribution in [3.05, 3.63) is 71.5 Å². The summed E-state index contributed by atoms with van der Waals surface area (Å²) in [6.45, 7) is 4.99. The first-order valence-corrected chi connectivity index (χ1v) is 8.50. The number of nitrogens with one attached hydrogen (secondary N) is 1. The van der Waals surface area contributed by atoms with E-state index in [1.807, 2.05) is 44.2 Å². The highest BCUT2D eigenvalue weighted by molar-refractivity contribution is 6.04. The minimum absolute atomic E-state index is 0.0790. The molecular formula is C20H23FN2O3. The van der Waals surface area contributed by atoms with E-state index in [1.54, 1.807) is 0 Å². The van der Waals surface area contributed by atoms with Gasteiger partial charge in [-0.25, -0.2) is 9.38 Å². The van der Waals surface area contributed by atoms with Gasteiger partial charge in [-0.15, -0.1) is 0 Å². The second-order valence-corrected chi connectivity index (χ2v) is 5.53. The number of amidine groups is 1. The van der Waals surface area contributed by atoms with Crippen molar-refractivity contribution in [1.82, 2.24) is 5.32 Å². The van der Waals surface area contributed by atoms with E-state index in [9.17, 15) is 9.18 Å². The zero-order chi connectivity index (χ0) is 18.8. The largest absolute Gasteiger partial charge is 0.463 e. The van der Waals surface area contributed by atoms with Crippen molar-refractivity contribution in [1.29, 1.82) is 0 Å². The standard InChI is InChI=1S/C20H23FN2O3/c1-3-25-12-13-26-20(22-15(2)16-8-5-4-6-9-16)23-19(24)17-10-7-11-18(21)14-17/h4-11,14-15H,3,12-13H2,1-2H3,(H,22,23,24)/t15-/m0/s1. The minimum atomic E-state index is -0.486. The monoisotopic (exact) mass is 358 g/mol. The number of carbonyl (C=O) groups excluding carboxylic acids is 1. The third-order valence-corrected chi connectivity index (χ3v) is 3.57. The summed E-state index contributed by atoms with van der Waals surface area (Å²) in [5, 5.41) is 2.60. The molecule has 0 aliphatic carbocycles. The zero-order valence-corrected chi connectivity index (χ0v) is 14.9. The van der Waals surface area contributed by atoms with Crippen LogP contribution in [0.3, 0.4) is 0 Å². The number of hydrogen-bond acceptors (Lipinski definition) is 4. The lowest BCUT2D eigenvalue weighted by Gasteiger charge is -2.14. The molecule has 1 amide bonds. The van der Waals surface area contributed by atoms with E-state index in [0.717, 1.165) is 11.6 Å². The number of carbonyl (C=O) groups is 1. The highest BCUT2D eigenvalue weighted by Crippen LogP contribution is 2.16. The smallest absolute Gasteiger partial charge is 0.292 e. The molecule has 1 atom stereocenters. The molecular weight excluding hydrogens is 335 g/mol. The molecule has 26 heavy (non-hydrogen) atoms. The van der Waals surface area contributed by atoms with Gasteiger partial charge in [0, 0.05) is 12.2 Å². The summed E-state index contributed by atoms with van der Waals surface area (Å²) in [5.74, 6) is -0.967. The Morgan fingerprint density at radius 3 is 2.62 bits per heavy atom. The maximum Gasteiger partial charge on any atom is 0.292 e.